The van der Waals surface area contributed by atoms with Gasteiger partial charge < -0.3 is 0 Å². The quantitative estimate of drug-likeness (QED) is 0.697. The van der Waals surface area contributed by atoms with Gasteiger partial charge in [-0.1, -0.05) is 0 Å². The average molecular weight is 280 g/mol. The molecule has 1 aliphatic rings. The van der Waals surface area contributed by atoms with Crippen LogP contribution in [0.3, 0.4) is 0 Å². The summed E-state index contributed by atoms with van der Waals surface area (Å²) in [5.41, 5.74) is 0. The Morgan fingerprint density at radius 2 is 1.58 bits per heavy atom. The van der Waals surface area contributed by atoms with E-state index in [0.29, 0.717) is 2.79 Å². The summed E-state index contributed by atoms with van der Waals surface area (Å²) in [6.45, 7) is 7.29. The Labute approximate surface area is 91.7 Å². The summed E-state index contributed by atoms with van der Waals surface area (Å²) in [6.07, 6.45) is 9.38. The molecular formula is C10H17InSi. The molecule has 0 heterocycles. The summed E-state index contributed by atoms with van der Waals surface area (Å²) in [6, 6.07) is 2.83. The zero-order valence-electron chi connectivity index (χ0n) is 8.30. The molecule has 0 fully saturated rings. The molecule has 0 aromatic heterocycles. The van der Waals surface area contributed by atoms with Crippen molar-refractivity contribution in [3.63, 3.8) is 0 Å². The van der Waals surface area contributed by atoms with E-state index in [0.717, 1.165) is 0 Å². The molecule has 0 saturated heterocycles. The fourth-order valence-corrected chi connectivity index (χ4v) is 8.60. The van der Waals surface area contributed by atoms with E-state index in [2.05, 4.69) is 44.7 Å². The summed E-state index contributed by atoms with van der Waals surface area (Å²) in [5, 5.41) is 0. The minimum absolute atomic E-state index is 0.557. The van der Waals surface area contributed by atoms with Gasteiger partial charge in [-0.3, -0.25) is 0 Å². The van der Waals surface area contributed by atoms with Crippen LogP contribution >= 0.6 is 0 Å². The van der Waals surface area contributed by atoms with Gasteiger partial charge in [0.2, 0.25) is 0 Å². The summed E-state index contributed by atoms with van der Waals surface area (Å²) < 4.78 is 0.557. The van der Waals surface area contributed by atoms with Crippen LogP contribution in [0.5, 0.6) is 0 Å². The standard InChI is InChI=1S/C10H17Si.In/c1-4-11(3,5-2)10-8-6-7-9-10;/h6-9H,4-5H2,1-3H3;. The van der Waals surface area contributed by atoms with Crippen molar-refractivity contribution in [1.82, 2.24) is 0 Å². The zero-order chi connectivity index (χ0) is 9.24. The van der Waals surface area contributed by atoms with Gasteiger partial charge in [0.25, 0.3) is 0 Å². The number of hydrogen-bond acceptors (Lipinski definition) is 0. The first-order valence-corrected chi connectivity index (χ1v) is 9.30. The van der Waals surface area contributed by atoms with Gasteiger partial charge in [0.15, 0.2) is 0 Å². The third-order valence-corrected chi connectivity index (χ3v) is 16.1. The van der Waals surface area contributed by atoms with Crippen molar-refractivity contribution in [3.05, 3.63) is 24.3 Å². The van der Waals surface area contributed by atoms with E-state index in [-0.39, 0.29) is 0 Å². The van der Waals surface area contributed by atoms with Crippen molar-refractivity contribution in [3.8, 4) is 0 Å². The van der Waals surface area contributed by atoms with Gasteiger partial charge in [-0.2, -0.15) is 0 Å². The van der Waals surface area contributed by atoms with E-state index in [1.807, 2.05) is 0 Å². The molecule has 0 bridgehead atoms. The van der Waals surface area contributed by atoms with E-state index >= 15 is 0 Å². The molecule has 0 spiro atoms. The van der Waals surface area contributed by atoms with Crippen molar-refractivity contribution in [1.29, 1.82) is 0 Å². The van der Waals surface area contributed by atoms with Gasteiger partial charge in [-0.15, -0.1) is 0 Å². The molecule has 0 saturated carbocycles. The van der Waals surface area contributed by atoms with Gasteiger partial charge in [0, 0.05) is 0 Å². The Kier molecular flexibility index (Phi) is 3.32. The van der Waals surface area contributed by atoms with E-state index in [1.165, 1.54) is 36.5 Å². The number of rotatable bonds is 3. The normalized spacial score (nSPS) is 20.2. The van der Waals surface area contributed by atoms with Crippen LogP contribution in [0.2, 0.25) is 21.4 Å². The molecule has 0 aliphatic heterocycles. The molecular weight excluding hydrogens is 263 g/mol. The predicted molar refractivity (Wildman–Crippen MR) is 59.3 cm³/mol. The van der Waals surface area contributed by atoms with Gasteiger partial charge in [0.1, 0.15) is 0 Å². The maximum absolute atomic E-state index is 2.55. The van der Waals surface area contributed by atoms with E-state index in [4.69, 9.17) is 0 Å². The first-order valence-electron chi connectivity index (χ1n) is 4.74. The molecule has 1 aliphatic carbocycles. The topological polar surface area (TPSA) is 0 Å². The summed E-state index contributed by atoms with van der Waals surface area (Å²) >= 11 is 1.37. The molecule has 12 heavy (non-hydrogen) atoms. The minimum atomic E-state index is -1.00. The number of hydrogen-bond donors (Lipinski definition) is 0. The summed E-state index contributed by atoms with van der Waals surface area (Å²) in [5.74, 6) is 0. The zero-order valence-corrected chi connectivity index (χ0v) is 12.6. The first kappa shape index (κ1) is 10.6. The molecule has 0 N–H and O–H groups in total. The SMILES string of the molecule is CC[Si](C)(CC)[C]1([In])C=CC=C1. The second kappa shape index (κ2) is 3.75. The third-order valence-electron chi connectivity index (χ3n) is 3.46. The maximum atomic E-state index is 2.55. The second-order valence-corrected chi connectivity index (χ2v) is 13.7. The van der Waals surface area contributed by atoms with E-state index in [9.17, 15) is 0 Å². The molecule has 0 amide bonds. The van der Waals surface area contributed by atoms with Gasteiger partial charge in [-0.25, -0.2) is 0 Å². The molecule has 0 atom stereocenters. The number of allylic oxidation sites excluding steroid dienone is 4. The molecule has 0 aromatic rings. The van der Waals surface area contributed by atoms with Crippen LogP contribution in [-0.2, 0) is 0 Å². The van der Waals surface area contributed by atoms with E-state index in [1.54, 1.807) is 0 Å². The van der Waals surface area contributed by atoms with Crippen LogP contribution in [0, 0.1) is 0 Å². The van der Waals surface area contributed by atoms with Crippen LogP contribution in [0.15, 0.2) is 24.3 Å². The summed E-state index contributed by atoms with van der Waals surface area (Å²) in [7, 11) is -1.00. The molecule has 1 rings (SSSR count). The van der Waals surface area contributed by atoms with Crippen molar-refractivity contribution in [2.75, 3.05) is 0 Å². The fourth-order valence-electron chi connectivity index (χ4n) is 1.75. The summed E-state index contributed by atoms with van der Waals surface area (Å²) in [4.78, 5) is 0. The van der Waals surface area contributed by atoms with Gasteiger partial charge >= 0.3 is 92.0 Å². The van der Waals surface area contributed by atoms with Crippen molar-refractivity contribution in [2.24, 2.45) is 0 Å². The molecule has 0 unspecified atom stereocenters. The average Bonchev–Trinajstić information content (AvgIpc) is 2.52. The van der Waals surface area contributed by atoms with E-state index < -0.39 is 8.07 Å². The van der Waals surface area contributed by atoms with Gasteiger partial charge in [0.05, 0.1) is 0 Å². The Morgan fingerprint density at radius 3 is 1.92 bits per heavy atom. The molecule has 2 radical (unpaired) electrons. The second-order valence-electron chi connectivity index (χ2n) is 3.92. The van der Waals surface area contributed by atoms with Crippen LogP contribution in [0.1, 0.15) is 13.8 Å². The first-order chi connectivity index (χ1) is 5.58. The molecule has 64 valence electrons. The Morgan fingerprint density at radius 1 is 1.17 bits per heavy atom. The molecule has 0 nitrogen and oxygen atoms in total. The Hall–Kier alpha value is 0.567. The van der Waals surface area contributed by atoms with Crippen molar-refractivity contribution in [2.45, 2.75) is 35.3 Å². The van der Waals surface area contributed by atoms with Crippen molar-refractivity contribution < 1.29 is 0 Å². The molecule has 0 aromatic carbocycles. The predicted octanol–water partition coefficient (Wildman–Crippen LogP) is 3.10. The fraction of sp³-hybridized carbons (Fsp3) is 0.600. The molecule has 2 heteroatoms. The Balaban J connectivity index is 2.92. The van der Waals surface area contributed by atoms with Crippen molar-refractivity contribution >= 4 is 32.4 Å². The van der Waals surface area contributed by atoms with Crippen LogP contribution in [-0.4, -0.2) is 32.4 Å². The van der Waals surface area contributed by atoms with Crippen LogP contribution in [0.25, 0.3) is 0 Å². The third kappa shape index (κ3) is 1.60. The van der Waals surface area contributed by atoms with Crippen LogP contribution in [0.4, 0.5) is 0 Å². The van der Waals surface area contributed by atoms with Crippen LogP contribution < -0.4 is 0 Å². The van der Waals surface area contributed by atoms with Gasteiger partial charge in [-0.05, 0) is 0 Å². The Bertz CT molecular complexity index is 202. The monoisotopic (exact) mass is 280 g/mol.